The molecule has 0 aliphatic heterocycles. The molecule has 0 atom stereocenters. The Morgan fingerprint density at radius 2 is 2.27 bits per heavy atom. The maximum atomic E-state index is 11.6. The highest BCUT2D eigenvalue weighted by Crippen LogP contribution is 2.08. The molecular weight excluding hydrogens is 190 g/mol. The summed E-state index contributed by atoms with van der Waals surface area (Å²) < 4.78 is 0. The highest BCUT2D eigenvalue weighted by molar-refractivity contribution is 5.96. The van der Waals surface area contributed by atoms with Crippen LogP contribution in [0, 0.1) is 0 Å². The average Bonchev–Trinajstić information content (AvgIpc) is 2.29. The molecule has 0 aliphatic rings. The molecule has 0 N–H and O–H groups in total. The second-order valence-corrected chi connectivity index (χ2v) is 3.47. The number of hydrogen-bond donors (Lipinski definition) is 0. The van der Waals surface area contributed by atoms with Crippen molar-refractivity contribution in [3.63, 3.8) is 0 Å². The summed E-state index contributed by atoms with van der Waals surface area (Å²) in [5.41, 5.74) is 0.902. The van der Waals surface area contributed by atoms with Crippen molar-refractivity contribution in [3.05, 3.63) is 29.6 Å². The Labute approximate surface area is 89.5 Å². The fourth-order valence-corrected chi connectivity index (χ4v) is 1.37. The van der Waals surface area contributed by atoms with Gasteiger partial charge in [0.15, 0.2) is 12.1 Å². The number of carbonyl (C=O) groups is 2. The lowest BCUT2D eigenvalue weighted by Gasteiger charge is -2.00. The van der Waals surface area contributed by atoms with E-state index in [4.69, 9.17) is 0 Å². The van der Waals surface area contributed by atoms with Gasteiger partial charge in [-0.3, -0.25) is 14.6 Å². The molecule has 0 unspecified atom stereocenters. The summed E-state index contributed by atoms with van der Waals surface area (Å²) in [7, 11) is 0. The molecule has 1 aromatic rings. The van der Waals surface area contributed by atoms with E-state index in [2.05, 4.69) is 11.9 Å². The van der Waals surface area contributed by atoms with Gasteiger partial charge < -0.3 is 0 Å². The Balaban J connectivity index is 2.61. The summed E-state index contributed by atoms with van der Waals surface area (Å²) in [5, 5.41) is 0. The normalized spacial score (nSPS) is 9.93. The van der Waals surface area contributed by atoms with E-state index in [0.717, 1.165) is 19.3 Å². The van der Waals surface area contributed by atoms with Crippen LogP contribution in [0.3, 0.4) is 0 Å². The summed E-state index contributed by atoms with van der Waals surface area (Å²) >= 11 is 0. The first-order valence-corrected chi connectivity index (χ1v) is 5.22. The number of carbonyl (C=O) groups excluding carboxylic acids is 2. The molecule has 0 bridgehead atoms. The average molecular weight is 205 g/mol. The van der Waals surface area contributed by atoms with Crippen LogP contribution in [0.25, 0.3) is 0 Å². The van der Waals surface area contributed by atoms with Crippen molar-refractivity contribution >= 4 is 12.1 Å². The smallest absolute Gasteiger partial charge is 0.168 e. The highest BCUT2D eigenvalue weighted by atomic mass is 16.1. The molecule has 15 heavy (non-hydrogen) atoms. The van der Waals surface area contributed by atoms with Gasteiger partial charge in [-0.1, -0.05) is 19.8 Å². The quantitative estimate of drug-likeness (QED) is 0.407. The fourth-order valence-electron chi connectivity index (χ4n) is 1.37. The second-order valence-electron chi connectivity index (χ2n) is 3.47. The Bertz CT molecular complexity index is 347. The zero-order valence-corrected chi connectivity index (χ0v) is 8.90. The van der Waals surface area contributed by atoms with E-state index in [9.17, 15) is 9.59 Å². The van der Waals surface area contributed by atoms with Crippen molar-refractivity contribution in [2.45, 2.75) is 32.6 Å². The van der Waals surface area contributed by atoms with Crippen LogP contribution in [0.2, 0.25) is 0 Å². The minimum Gasteiger partial charge on any atom is -0.296 e. The van der Waals surface area contributed by atoms with E-state index < -0.39 is 0 Å². The lowest BCUT2D eigenvalue weighted by atomic mass is 10.1. The van der Waals surface area contributed by atoms with Crippen LogP contribution in [-0.4, -0.2) is 17.1 Å². The molecular formula is C12H15NO2. The topological polar surface area (TPSA) is 47.0 Å². The van der Waals surface area contributed by atoms with E-state index >= 15 is 0 Å². The third-order valence-corrected chi connectivity index (χ3v) is 2.23. The zero-order valence-electron chi connectivity index (χ0n) is 8.90. The number of nitrogens with zero attached hydrogens (tertiary/aromatic N) is 1. The number of unbranched alkanes of at least 4 members (excludes halogenated alkanes) is 2. The van der Waals surface area contributed by atoms with Gasteiger partial charge in [-0.15, -0.1) is 0 Å². The monoisotopic (exact) mass is 205 g/mol. The molecule has 1 heterocycles. The standard InChI is InChI=1S/C12H15NO2/c1-2-3-4-5-12(15)10-6-7-13-11(8-10)9-14/h6-9H,2-5H2,1H3. The van der Waals surface area contributed by atoms with E-state index in [1.54, 1.807) is 12.1 Å². The van der Waals surface area contributed by atoms with Gasteiger partial charge >= 0.3 is 0 Å². The number of Topliss-reactive ketones (excluding diaryl/α,β-unsaturated/α-hetero) is 1. The lowest BCUT2D eigenvalue weighted by Crippen LogP contribution is -2.00. The van der Waals surface area contributed by atoms with Crippen molar-refractivity contribution in [2.75, 3.05) is 0 Å². The molecule has 0 aliphatic carbocycles. The molecule has 0 spiro atoms. The lowest BCUT2D eigenvalue weighted by molar-refractivity contribution is 0.0979. The maximum Gasteiger partial charge on any atom is 0.168 e. The van der Waals surface area contributed by atoms with Crippen molar-refractivity contribution in [1.82, 2.24) is 4.98 Å². The third-order valence-electron chi connectivity index (χ3n) is 2.23. The largest absolute Gasteiger partial charge is 0.296 e. The third kappa shape index (κ3) is 3.62. The fraction of sp³-hybridized carbons (Fsp3) is 0.417. The number of pyridine rings is 1. The van der Waals surface area contributed by atoms with Crippen molar-refractivity contribution in [3.8, 4) is 0 Å². The Kier molecular flexibility index (Phi) is 4.68. The van der Waals surface area contributed by atoms with Gasteiger partial charge in [0.25, 0.3) is 0 Å². The van der Waals surface area contributed by atoms with Crippen LogP contribution in [0.1, 0.15) is 53.5 Å². The van der Waals surface area contributed by atoms with E-state index in [-0.39, 0.29) is 5.78 Å². The Morgan fingerprint density at radius 1 is 1.47 bits per heavy atom. The first-order chi connectivity index (χ1) is 7.27. The van der Waals surface area contributed by atoms with Crippen LogP contribution in [0.5, 0.6) is 0 Å². The van der Waals surface area contributed by atoms with Crippen molar-refractivity contribution in [2.24, 2.45) is 0 Å². The highest BCUT2D eigenvalue weighted by Gasteiger charge is 2.06. The van der Waals surface area contributed by atoms with Gasteiger partial charge in [-0.05, 0) is 18.6 Å². The summed E-state index contributed by atoms with van der Waals surface area (Å²) in [6, 6.07) is 3.20. The molecule has 3 nitrogen and oxygen atoms in total. The predicted octanol–water partition coefficient (Wildman–Crippen LogP) is 2.66. The van der Waals surface area contributed by atoms with E-state index in [0.29, 0.717) is 24.0 Å². The minimum atomic E-state index is 0.0916. The molecule has 3 heteroatoms. The molecule has 0 radical (unpaired) electrons. The Hall–Kier alpha value is -1.51. The first-order valence-electron chi connectivity index (χ1n) is 5.22. The van der Waals surface area contributed by atoms with Crippen molar-refractivity contribution in [1.29, 1.82) is 0 Å². The van der Waals surface area contributed by atoms with Crippen LogP contribution in [0.4, 0.5) is 0 Å². The molecule has 0 aromatic carbocycles. The van der Waals surface area contributed by atoms with Gasteiger partial charge in [0, 0.05) is 18.2 Å². The number of hydrogen-bond acceptors (Lipinski definition) is 3. The summed E-state index contributed by atoms with van der Waals surface area (Å²) in [6.07, 6.45) is 5.78. The van der Waals surface area contributed by atoms with Gasteiger partial charge in [0.1, 0.15) is 5.69 Å². The van der Waals surface area contributed by atoms with Crippen LogP contribution in [0.15, 0.2) is 18.3 Å². The molecule has 1 rings (SSSR count). The van der Waals surface area contributed by atoms with Gasteiger partial charge in [-0.2, -0.15) is 0 Å². The van der Waals surface area contributed by atoms with Crippen LogP contribution in [-0.2, 0) is 0 Å². The molecule has 0 fully saturated rings. The van der Waals surface area contributed by atoms with Gasteiger partial charge in [0.2, 0.25) is 0 Å². The predicted molar refractivity (Wildman–Crippen MR) is 58.1 cm³/mol. The summed E-state index contributed by atoms with van der Waals surface area (Å²) in [6.45, 7) is 2.10. The molecule has 0 saturated carbocycles. The second kappa shape index (κ2) is 6.06. The number of ketones is 1. The van der Waals surface area contributed by atoms with Gasteiger partial charge in [-0.25, -0.2) is 0 Å². The zero-order chi connectivity index (χ0) is 11.1. The molecule has 80 valence electrons. The number of rotatable bonds is 6. The molecule has 0 saturated heterocycles. The first kappa shape index (κ1) is 11.6. The minimum absolute atomic E-state index is 0.0916. The van der Waals surface area contributed by atoms with E-state index in [1.165, 1.54) is 6.20 Å². The van der Waals surface area contributed by atoms with Crippen LogP contribution >= 0.6 is 0 Å². The molecule has 0 amide bonds. The maximum absolute atomic E-state index is 11.6. The number of aldehydes is 1. The summed E-state index contributed by atoms with van der Waals surface area (Å²) in [4.78, 5) is 25.9. The molecule has 1 aromatic heterocycles. The SMILES string of the molecule is CCCCCC(=O)c1ccnc(C=O)c1. The number of aromatic nitrogens is 1. The van der Waals surface area contributed by atoms with Crippen LogP contribution < -0.4 is 0 Å². The van der Waals surface area contributed by atoms with Crippen molar-refractivity contribution < 1.29 is 9.59 Å². The van der Waals surface area contributed by atoms with Gasteiger partial charge in [0.05, 0.1) is 0 Å². The van der Waals surface area contributed by atoms with E-state index in [1.807, 2.05) is 0 Å². The summed E-state index contributed by atoms with van der Waals surface area (Å²) in [5.74, 6) is 0.0916. The Morgan fingerprint density at radius 3 is 2.93 bits per heavy atom.